The number of hydrogen-bond acceptors (Lipinski definition) is 4. The van der Waals surface area contributed by atoms with Crippen LogP contribution < -0.4 is 5.56 Å². The van der Waals surface area contributed by atoms with Crippen LogP contribution in [0, 0.1) is 0 Å². The lowest BCUT2D eigenvalue weighted by Gasteiger charge is -2.04. The summed E-state index contributed by atoms with van der Waals surface area (Å²) < 4.78 is 1.72. The van der Waals surface area contributed by atoms with Crippen LogP contribution in [0.15, 0.2) is 59.8 Å². The van der Waals surface area contributed by atoms with Crippen LogP contribution >= 0.6 is 11.6 Å². The average Bonchev–Trinajstić information content (AvgIpc) is 2.95. The lowest BCUT2D eigenvalue weighted by Crippen LogP contribution is -2.05. The number of aromatic amines is 1. The smallest absolute Gasteiger partial charge is 0.264 e. The van der Waals surface area contributed by atoms with Gasteiger partial charge in [-0.3, -0.25) is 9.78 Å². The third kappa shape index (κ3) is 2.29. The maximum absolute atomic E-state index is 11.3. The van der Waals surface area contributed by atoms with Crippen molar-refractivity contribution in [2.24, 2.45) is 0 Å². The Kier molecular flexibility index (Phi) is 3.17. The Morgan fingerprint density at radius 3 is 2.78 bits per heavy atom. The van der Waals surface area contributed by atoms with E-state index in [-0.39, 0.29) is 5.56 Å². The van der Waals surface area contributed by atoms with E-state index in [0.717, 1.165) is 16.6 Å². The molecule has 4 aromatic rings. The molecule has 0 spiro atoms. The van der Waals surface area contributed by atoms with Crippen molar-refractivity contribution in [3.05, 3.63) is 70.4 Å². The van der Waals surface area contributed by atoms with Gasteiger partial charge in [-0.05, 0) is 12.1 Å². The van der Waals surface area contributed by atoms with Gasteiger partial charge < -0.3 is 0 Å². The highest BCUT2D eigenvalue weighted by Crippen LogP contribution is 2.36. The van der Waals surface area contributed by atoms with Crippen molar-refractivity contribution in [2.45, 2.75) is 0 Å². The van der Waals surface area contributed by atoms with E-state index in [4.69, 9.17) is 11.6 Å². The Morgan fingerprint density at radius 1 is 1.13 bits per heavy atom. The second-order valence-corrected chi connectivity index (χ2v) is 5.32. The zero-order valence-corrected chi connectivity index (χ0v) is 12.5. The van der Waals surface area contributed by atoms with Gasteiger partial charge in [-0.2, -0.15) is 10.2 Å². The van der Waals surface area contributed by atoms with Gasteiger partial charge in [-0.25, -0.2) is 9.61 Å². The first-order valence-corrected chi connectivity index (χ1v) is 7.25. The lowest BCUT2D eigenvalue weighted by atomic mass is 10.0. The topological polar surface area (TPSA) is 75.9 Å². The fourth-order valence-corrected chi connectivity index (χ4v) is 2.70. The third-order valence-corrected chi connectivity index (χ3v) is 3.83. The van der Waals surface area contributed by atoms with Crippen LogP contribution in [-0.4, -0.2) is 24.8 Å². The maximum atomic E-state index is 11.3. The van der Waals surface area contributed by atoms with Crippen LogP contribution in [0.5, 0.6) is 0 Å². The van der Waals surface area contributed by atoms with Crippen molar-refractivity contribution in [2.75, 3.05) is 0 Å². The van der Waals surface area contributed by atoms with E-state index in [2.05, 4.69) is 20.3 Å². The van der Waals surface area contributed by atoms with Crippen molar-refractivity contribution in [1.82, 2.24) is 24.8 Å². The Labute approximate surface area is 135 Å². The number of halogens is 1. The van der Waals surface area contributed by atoms with Crippen molar-refractivity contribution in [1.29, 1.82) is 0 Å². The van der Waals surface area contributed by atoms with Gasteiger partial charge in [0.05, 0.1) is 28.0 Å². The first kappa shape index (κ1) is 13.7. The summed E-state index contributed by atoms with van der Waals surface area (Å²) in [7, 11) is 0. The number of H-pyrrole nitrogens is 1. The summed E-state index contributed by atoms with van der Waals surface area (Å²) in [5.74, 6) is 0. The molecule has 1 N–H and O–H groups in total. The molecule has 0 unspecified atom stereocenters. The lowest BCUT2D eigenvalue weighted by molar-refractivity contribution is 0.950. The number of nitrogens with one attached hydrogen (secondary N) is 1. The number of benzene rings is 1. The van der Waals surface area contributed by atoms with Gasteiger partial charge in [-0.1, -0.05) is 29.8 Å². The molecule has 0 amide bonds. The molecule has 0 saturated carbocycles. The Balaban J connectivity index is 2.08. The van der Waals surface area contributed by atoms with Crippen LogP contribution in [0.3, 0.4) is 0 Å². The minimum atomic E-state index is -0.261. The molecule has 0 radical (unpaired) electrons. The van der Waals surface area contributed by atoms with Crippen molar-refractivity contribution in [3.63, 3.8) is 0 Å². The summed E-state index contributed by atoms with van der Waals surface area (Å²) >= 11 is 6.33. The highest BCUT2D eigenvalue weighted by molar-refractivity contribution is 6.33. The Hall–Kier alpha value is -2.99. The maximum Gasteiger partial charge on any atom is 0.264 e. The molecule has 0 atom stereocenters. The van der Waals surface area contributed by atoms with Crippen LogP contribution in [0.2, 0.25) is 5.02 Å². The standard InChI is InChI=1S/C16H10ClN5O/c17-11-4-2-1-3-10(11)16-15(12-5-6-14(23)20-19-12)13-9-18-7-8-22(13)21-16/h1-9H,(H,20,23). The number of nitrogens with zero attached hydrogens (tertiary/aromatic N) is 4. The quantitative estimate of drug-likeness (QED) is 0.615. The van der Waals surface area contributed by atoms with E-state index in [1.807, 2.05) is 24.3 Å². The minimum absolute atomic E-state index is 0.261. The van der Waals surface area contributed by atoms with E-state index in [1.165, 1.54) is 6.07 Å². The fraction of sp³-hybridized carbons (Fsp3) is 0. The first-order valence-electron chi connectivity index (χ1n) is 6.87. The fourth-order valence-electron chi connectivity index (χ4n) is 2.48. The second-order valence-electron chi connectivity index (χ2n) is 4.92. The molecular weight excluding hydrogens is 314 g/mol. The predicted molar refractivity (Wildman–Crippen MR) is 87.3 cm³/mol. The van der Waals surface area contributed by atoms with E-state index >= 15 is 0 Å². The van der Waals surface area contributed by atoms with E-state index in [1.54, 1.807) is 29.2 Å². The van der Waals surface area contributed by atoms with Crippen LogP contribution in [0.4, 0.5) is 0 Å². The number of hydrogen-bond donors (Lipinski definition) is 1. The van der Waals surface area contributed by atoms with Gasteiger partial charge in [0.25, 0.3) is 5.56 Å². The van der Waals surface area contributed by atoms with Crippen LogP contribution in [0.25, 0.3) is 28.0 Å². The van der Waals surface area contributed by atoms with Gasteiger partial charge in [0, 0.05) is 24.0 Å². The second kappa shape index (κ2) is 5.33. The third-order valence-electron chi connectivity index (χ3n) is 3.50. The molecule has 6 nitrogen and oxygen atoms in total. The summed E-state index contributed by atoms with van der Waals surface area (Å²) in [6, 6.07) is 10.5. The first-order chi connectivity index (χ1) is 11.2. The molecule has 0 aliphatic carbocycles. The van der Waals surface area contributed by atoms with E-state index < -0.39 is 0 Å². The van der Waals surface area contributed by atoms with Gasteiger partial charge in [0.2, 0.25) is 0 Å². The summed E-state index contributed by atoms with van der Waals surface area (Å²) in [4.78, 5) is 15.4. The molecule has 4 rings (SSSR count). The average molecular weight is 324 g/mol. The van der Waals surface area contributed by atoms with Gasteiger partial charge >= 0.3 is 0 Å². The van der Waals surface area contributed by atoms with Crippen molar-refractivity contribution < 1.29 is 0 Å². The largest absolute Gasteiger partial charge is 0.268 e. The minimum Gasteiger partial charge on any atom is -0.268 e. The van der Waals surface area contributed by atoms with Crippen molar-refractivity contribution in [3.8, 4) is 22.5 Å². The van der Waals surface area contributed by atoms with E-state index in [9.17, 15) is 4.79 Å². The number of aromatic nitrogens is 5. The summed E-state index contributed by atoms with van der Waals surface area (Å²) in [5.41, 5.74) is 3.36. The molecule has 7 heteroatoms. The Morgan fingerprint density at radius 2 is 2.00 bits per heavy atom. The molecule has 23 heavy (non-hydrogen) atoms. The normalized spacial score (nSPS) is 11.0. The highest BCUT2D eigenvalue weighted by atomic mass is 35.5. The van der Waals surface area contributed by atoms with Gasteiger partial charge in [0.1, 0.15) is 5.69 Å². The summed E-state index contributed by atoms with van der Waals surface area (Å²) in [5, 5.41) is 11.8. The van der Waals surface area contributed by atoms with E-state index in [0.29, 0.717) is 16.4 Å². The van der Waals surface area contributed by atoms with Crippen LogP contribution in [0.1, 0.15) is 0 Å². The SMILES string of the molecule is O=c1ccc(-c2c(-c3ccccc3Cl)nn3ccncc23)n[nH]1. The van der Waals surface area contributed by atoms with Gasteiger partial charge in [-0.15, -0.1) is 0 Å². The molecule has 0 saturated heterocycles. The van der Waals surface area contributed by atoms with Crippen molar-refractivity contribution >= 4 is 17.1 Å². The molecule has 3 heterocycles. The zero-order valence-electron chi connectivity index (χ0n) is 11.8. The monoisotopic (exact) mass is 323 g/mol. The summed E-state index contributed by atoms with van der Waals surface area (Å²) in [6.45, 7) is 0. The molecule has 112 valence electrons. The number of fused-ring (bicyclic) bond motifs is 1. The highest BCUT2D eigenvalue weighted by Gasteiger charge is 2.19. The summed E-state index contributed by atoms with van der Waals surface area (Å²) in [6.07, 6.45) is 5.11. The molecule has 0 bridgehead atoms. The van der Waals surface area contributed by atoms with Gasteiger partial charge in [0.15, 0.2) is 0 Å². The number of rotatable bonds is 2. The molecule has 1 aromatic carbocycles. The predicted octanol–water partition coefficient (Wildman–Crippen LogP) is 2.80. The molecule has 3 aromatic heterocycles. The van der Waals surface area contributed by atoms with Crippen LogP contribution in [-0.2, 0) is 0 Å². The zero-order chi connectivity index (χ0) is 15.8. The molecule has 0 aliphatic rings. The molecule has 0 fully saturated rings. The Bertz CT molecular complexity index is 1050. The molecule has 0 aliphatic heterocycles. The molecular formula is C16H10ClN5O.